The second kappa shape index (κ2) is 11.2. The van der Waals surface area contributed by atoms with Gasteiger partial charge in [-0.25, -0.2) is 19.9 Å². The summed E-state index contributed by atoms with van der Waals surface area (Å²) in [7, 11) is 0. The number of thiophene rings is 2. The number of carbonyl (C=O) groups excluding carboxylic acids is 1. The zero-order chi connectivity index (χ0) is 25.9. The first-order chi connectivity index (χ1) is 18.0. The molecule has 0 aliphatic carbocycles. The van der Waals surface area contributed by atoms with Gasteiger partial charge in [0.15, 0.2) is 0 Å². The predicted octanol–water partition coefficient (Wildman–Crippen LogP) is 6.64. The summed E-state index contributed by atoms with van der Waals surface area (Å²) in [4.78, 5) is 29.8. The summed E-state index contributed by atoms with van der Waals surface area (Å²) in [6.07, 6.45) is 3.85. The van der Waals surface area contributed by atoms with Crippen molar-refractivity contribution >= 4 is 92.5 Å². The zero-order valence-electron chi connectivity index (χ0n) is 19.6. The first-order valence-electron chi connectivity index (χ1n) is 11.4. The molecule has 0 amide bonds. The topological polar surface area (TPSA) is 98.1 Å². The number of aromatic nitrogens is 4. The quantitative estimate of drug-likeness (QED) is 0.183. The molecule has 0 aliphatic rings. The summed E-state index contributed by atoms with van der Waals surface area (Å²) >= 11 is 15.4. The number of nitrogens with zero attached hydrogens (tertiary/aromatic N) is 4. The monoisotopic (exact) mass is 570 g/mol. The van der Waals surface area contributed by atoms with Gasteiger partial charge in [0.1, 0.15) is 32.6 Å². The fourth-order valence-corrected chi connectivity index (χ4v) is 6.64. The molecule has 6 aromatic rings. The molecule has 11 heteroatoms. The van der Waals surface area contributed by atoms with Crippen molar-refractivity contribution in [2.24, 2.45) is 0 Å². The molecule has 0 saturated carbocycles. The molecular formula is C26H20Cl2N4O3S2. The highest BCUT2D eigenvalue weighted by atomic mass is 35.5. The Bertz CT molecular complexity index is 1750. The number of halogens is 2. The number of fused-ring (bicyclic) bond motifs is 6. The van der Waals surface area contributed by atoms with Gasteiger partial charge in [-0.2, -0.15) is 0 Å². The Labute approximate surface area is 229 Å². The van der Waals surface area contributed by atoms with Crippen LogP contribution in [0.2, 0.25) is 10.3 Å². The van der Waals surface area contributed by atoms with E-state index >= 15 is 0 Å². The molecule has 4 aromatic heterocycles. The van der Waals surface area contributed by atoms with E-state index in [1.165, 1.54) is 12.7 Å². The van der Waals surface area contributed by atoms with Gasteiger partial charge in [-0.05, 0) is 48.7 Å². The van der Waals surface area contributed by atoms with Gasteiger partial charge >= 0.3 is 5.97 Å². The summed E-state index contributed by atoms with van der Waals surface area (Å²) in [5.41, 5.74) is 2.00. The van der Waals surface area contributed by atoms with Crippen LogP contribution in [0.3, 0.4) is 0 Å². The highest BCUT2D eigenvalue weighted by Gasteiger charge is 2.13. The van der Waals surface area contributed by atoms with E-state index in [1.54, 1.807) is 29.6 Å². The zero-order valence-corrected chi connectivity index (χ0v) is 22.7. The lowest BCUT2D eigenvalue weighted by atomic mass is 10.1. The fraction of sp³-hybridized carbons (Fsp3) is 0.192. The second-order valence-corrected chi connectivity index (χ2v) is 10.8. The van der Waals surface area contributed by atoms with Crippen molar-refractivity contribution in [2.75, 3.05) is 13.2 Å². The molecule has 0 spiro atoms. The van der Waals surface area contributed by atoms with E-state index in [1.807, 2.05) is 30.3 Å². The van der Waals surface area contributed by atoms with Crippen molar-refractivity contribution in [3.63, 3.8) is 0 Å². The number of carbonyl (C=O) groups is 1. The lowest BCUT2D eigenvalue weighted by molar-refractivity contribution is -0.142. The molecule has 0 radical (unpaired) electrons. The Morgan fingerprint density at radius 1 is 0.865 bits per heavy atom. The van der Waals surface area contributed by atoms with E-state index in [4.69, 9.17) is 33.0 Å². The van der Waals surface area contributed by atoms with Crippen LogP contribution in [0.4, 0.5) is 0 Å². The van der Waals surface area contributed by atoms with Crippen molar-refractivity contribution in [3.05, 3.63) is 70.5 Å². The minimum Gasteiger partial charge on any atom is -0.466 e. The van der Waals surface area contributed by atoms with Crippen LogP contribution in [-0.4, -0.2) is 44.2 Å². The largest absolute Gasteiger partial charge is 0.466 e. The molecule has 0 bridgehead atoms. The fourth-order valence-electron chi connectivity index (χ4n) is 4.01. The second-order valence-electron chi connectivity index (χ2n) is 8.01. The van der Waals surface area contributed by atoms with Crippen LogP contribution in [0.1, 0.15) is 18.1 Å². The molecule has 2 aromatic carbocycles. The molecule has 37 heavy (non-hydrogen) atoms. The van der Waals surface area contributed by atoms with Crippen LogP contribution in [-0.2, 0) is 22.4 Å². The van der Waals surface area contributed by atoms with Crippen molar-refractivity contribution < 1.29 is 14.6 Å². The Morgan fingerprint density at radius 2 is 1.41 bits per heavy atom. The van der Waals surface area contributed by atoms with Gasteiger partial charge in [0.05, 0.1) is 23.8 Å². The molecule has 0 fully saturated rings. The number of ether oxygens (including phenoxy) is 1. The summed E-state index contributed by atoms with van der Waals surface area (Å²) in [6.45, 7) is 2.34. The first kappa shape index (κ1) is 25.7. The number of rotatable bonds is 5. The van der Waals surface area contributed by atoms with Crippen LogP contribution in [0.15, 0.2) is 49.1 Å². The van der Waals surface area contributed by atoms with Crippen molar-refractivity contribution in [1.82, 2.24) is 19.9 Å². The van der Waals surface area contributed by atoms with Crippen LogP contribution in [0, 0.1) is 0 Å². The minimum absolute atomic E-state index is 0.151. The van der Waals surface area contributed by atoms with Gasteiger partial charge in [0.2, 0.25) is 0 Å². The highest BCUT2D eigenvalue weighted by Crippen LogP contribution is 2.37. The Morgan fingerprint density at radius 3 is 1.95 bits per heavy atom. The summed E-state index contributed by atoms with van der Waals surface area (Å²) in [5.74, 6) is -0.228. The van der Waals surface area contributed by atoms with Gasteiger partial charge in [-0.3, -0.25) is 4.79 Å². The number of esters is 1. The van der Waals surface area contributed by atoms with E-state index < -0.39 is 0 Å². The maximum Gasteiger partial charge on any atom is 0.310 e. The molecule has 0 atom stereocenters. The standard InChI is InChI=1S/C14H11ClN2O2S.C12H9ClN2OS/c1-2-19-11(18)6-8-3-4-10-9(5-8)12-13(15)16-7-17-14(12)20-10;13-11-10-8-5-7(3-4-16)1-2-9(8)17-12(10)15-6-14-11/h3-5,7H,2,6H2,1H3;1-2,5-6,16H,3-4H2. The van der Waals surface area contributed by atoms with Gasteiger partial charge in [0.25, 0.3) is 0 Å². The summed E-state index contributed by atoms with van der Waals surface area (Å²) in [6, 6.07) is 12.0. The van der Waals surface area contributed by atoms with Crippen LogP contribution >= 0.6 is 45.9 Å². The lowest BCUT2D eigenvalue weighted by Crippen LogP contribution is -2.07. The average Bonchev–Trinajstić information content (AvgIpc) is 3.44. The number of hydrogen-bond donors (Lipinski definition) is 1. The number of aliphatic hydroxyl groups is 1. The van der Waals surface area contributed by atoms with Gasteiger partial charge < -0.3 is 9.84 Å². The van der Waals surface area contributed by atoms with Crippen molar-refractivity contribution in [2.45, 2.75) is 19.8 Å². The molecule has 1 N–H and O–H groups in total. The summed E-state index contributed by atoms with van der Waals surface area (Å²) < 4.78 is 7.18. The normalized spacial score (nSPS) is 11.2. The third-order valence-electron chi connectivity index (χ3n) is 5.63. The molecule has 4 heterocycles. The van der Waals surface area contributed by atoms with E-state index in [2.05, 4.69) is 26.0 Å². The molecule has 6 rings (SSSR count). The Balaban J connectivity index is 0.000000153. The number of aliphatic hydroxyl groups excluding tert-OH is 1. The predicted molar refractivity (Wildman–Crippen MR) is 151 cm³/mol. The van der Waals surface area contributed by atoms with Gasteiger partial charge in [-0.1, -0.05) is 35.3 Å². The average molecular weight is 572 g/mol. The summed E-state index contributed by atoms with van der Waals surface area (Å²) in [5, 5.41) is 13.7. The SMILES string of the molecule is CCOC(=O)Cc1ccc2sc3ncnc(Cl)c3c2c1.OCCc1ccc2sc3ncnc(Cl)c3c2c1. The van der Waals surface area contributed by atoms with Crippen LogP contribution in [0.25, 0.3) is 40.6 Å². The first-order valence-corrected chi connectivity index (χ1v) is 13.8. The molecule has 0 unspecified atom stereocenters. The highest BCUT2D eigenvalue weighted by molar-refractivity contribution is 7.26. The van der Waals surface area contributed by atoms with E-state index in [9.17, 15) is 4.79 Å². The van der Waals surface area contributed by atoms with Crippen LogP contribution in [0.5, 0.6) is 0 Å². The molecule has 0 aliphatic heterocycles. The smallest absolute Gasteiger partial charge is 0.310 e. The number of hydrogen-bond acceptors (Lipinski definition) is 9. The molecule has 0 saturated heterocycles. The Hall–Kier alpha value is -2.95. The van der Waals surface area contributed by atoms with Gasteiger partial charge in [0, 0.05) is 26.8 Å². The van der Waals surface area contributed by atoms with Crippen molar-refractivity contribution in [3.8, 4) is 0 Å². The third kappa shape index (κ3) is 5.37. The maximum absolute atomic E-state index is 11.5. The van der Waals surface area contributed by atoms with E-state index in [0.717, 1.165) is 51.7 Å². The molecule has 7 nitrogen and oxygen atoms in total. The maximum atomic E-state index is 11.5. The van der Waals surface area contributed by atoms with E-state index in [0.29, 0.717) is 23.3 Å². The van der Waals surface area contributed by atoms with E-state index in [-0.39, 0.29) is 19.0 Å². The molecule has 188 valence electrons. The number of benzene rings is 2. The van der Waals surface area contributed by atoms with Crippen LogP contribution < -0.4 is 0 Å². The Kier molecular flexibility index (Phi) is 7.78. The minimum atomic E-state index is -0.228. The van der Waals surface area contributed by atoms with Crippen molar-refractivity contribution in [1.29, 1.82) is 0 Å². The third-order valence-corrected chi connectivity index (χ3v) is 8.36. The van der Waals surface area contributed by atoms with Gasteiger partial charge in [-0.15, -0.1) is 22.7 Å². The molecular weight excluding hydrogens is 551 g/mol. The lowest BCUT2D eigenvalue weighted by Gasteiger charge is -2.02.